The molecule has 2 aromatic rings. The summed E-state index contributed by atoms with van der Waals surface area (Å²) in [4.78, 5) is 38.4. The van der Waals surface area contributed by atoms with Crippen molar-refractivity contribution in [1.82, 2.24) is 25.2 Å². The molecule has 134 valence electrons. The van der Waals surface area contributed by atoms with Crippen LogP contribution in [-0.4, -0.2) is 64.0 Å². The number of carbonyl (C=O) groups is 2. The van der Waals surface area contributed by atoms with Crippen molar-refractivity contribution in [3.63, 3.8) is 0 Å². The summed E-state index contributed by atoms with van der Waals surface area (Å²) in [6, 6.07) is 3.46. The number of fused-ring (bicyclic) bond motifs is 1. The molecule has 8 nitrogen and oxygen atoms in total. The first-order valence-electron chi connectivity index (χ1n) is 8.57. The minimum atomic E-state index is -0.146. The SMILES string of the molecule is O=C(NC[C@@H]1CO[C@@H]2CN(C(=O)c3cnccn3)C[C@H]12)c1cccnc1. The number of rotatable bonds is 4. The summed E-state index contributed by atoms with van der Waals surface area (Å²) in [6.45, 7) is 2.26. The lowest BCUT2D eigenvalue weighted by Crippen LogP contribution is -2.35. The summed E-state index contributed by atoms with van der Waals surface area (Å²) in [5.41, 5.74) is 0.878. The second-order valence-electron chi connectivity index (χ2n) is 6.55. The molecular formula is C18H19N5O3. The van der Waals surface area contributed by atoms with E-state index in [0.717, 1.165) is 0 Å². The predicted octanol–water partition coefficient (Wildman–Crippen LogP) is 0.389. The highest BCUT2D eigenvalue weighted by molar-refractivity contribution is 5.93. The van der Waals surface area contributed by atoms with E-state index in [1.807, 2.05) is 0 Å². The molecule has 1 N–H and O–H groups in total. The molecule has 2 fully saturated rings. The second-order valence-corrected chi connectivity index (χ2v) is 6.55. The Morgan fingerprint density at radius 1 is 1.19 bits per heavy atom. The van der Waals surface area contributed by atoms with Crippen LogP contribution >= 0.6 is 0 Å². The van der Waals surface area contributed by atoms with Gasteiger partial charge in [-0.3, -0.25) is 19.6 Å². The predicted molar refractivity (Wildman–Crippen MR) is 91.2 cm³/mol. The Hall–Kier alpha value is -2.87. The maximum atomic E-state index is 12.5. The third-order valence-corrected chi connectivity index (χ3v) is 4.96. The topological polar surface area (TPSA) is 97.3 Å². The zero-order valence-corrected chi connectivity index (χ0v) is 14.1. The fraction of sp³-hybridized carbons (Fsp3) is 0.389. The van der Waals surface area contributed by atoms with Gasteiger partial charge in [-0.25, -0.2) is 4.98 Å². The summed E-state index contributed by atoms with van der Waals surface area (Å²) in [5, 5.41) is 2.94. The Morgan fingerprint density at radius 2 is 2.08 bits per heavy atom. The van der Waals surface area contributed by atoms with E-state index >= 15 is 0 Å². The third kappa shape index (κ3) is 3.28. The van der Waals surface area contributed by atoms with E-state index in [1.54, 1.807) is 35.6 Å². The van der Waals surface area contributed by atoms with Crippen LogP contribution in [0.15, 0.2) is 43.1 Å². The molecule has 0 aromatic carbocycles. The van der Waals surface area contributed by atoms with Crippen molar-refractivity contribution < 1.29 is 14.3 Å². The first kappa shape index (κ1) is 16.6. The number of nitrogens with zero attached hydrogens (tertiary/aromatic N) is 4. The van der Waals surface area contributed by atoms with Gasteiger partial charge in [-0.15, -0.1) is 0 Å². The Balaban J connectivity index is 1.35. The van der Waals surface area contributed by atoms with E-state index in [-0.39, 0.29) is 29.8 Å². The van der Waals surface area contributed by atoms with Crippen LogP contribution in [0.1, 0.15) is 20.8 Å². The van der Waals surface area contributed by atoms with Crippen LogP contribution < -0.4 is 5.32 Å². The Kier molecular flexibility index (Phi) is 4.57. The summed E-state index contributed by atoms with van der Waals surface area (Å²) in [6.07, 6.45) is 7.71. The van der Waals surface area contributed by atoms with Crippen molar-refractivity contribution in [3.05, 3.63) is 54.4 Å². The van der Waals surface area contributed by atoms with Gasteiger partial charge in [-0.05, 0) is 12.1 Å². The Bertz CT molecular complexity index is 786. The third-order valence-electron chi connectivity index (χ3n) is 4.96. The molecule has 8 heteroatoms. The Morgan fingerprint density at radius 3 is 2.85 bits per heavy atom. The number of hydrogen-bond acceptors (Lipinski definition) is 6. The highest BCUT2D eigenvalue weighted by Gasteiger charge is 2.45. The van der Waals surface area contributed by atoms with Crippen LogP contribution in [-0.2, 0) is 4.74 Å². The minimum Gasteiger partial charge on any atom is -0.376 e. The average Bonchev–Trinajstić information content (AvgIpc) is 3.28. The normalized spacial score (nSPS) is 24.3. The second kappa shape index (κ2) is 7.17. The molecule has 3 atom stereocenters. The lowest BCUT2D eigenvalue weighted by molar-refractivity contribution is 0.0669. The smallest absolute Gasteiger partial charge is 0.274 e. The van der Waals surface area contributed by atoms with E-state index in [2.05, 4.69) is 20.3 Å². The first-order valence-corrected chi connectivity index (χ1v) is 8.57. The van der Waals surface area contributed by atoms with Gasteiger partial charge < -0.3 is 15.0 Å². The van der Waals surface area contributed by atoms with Crippen LogP contribution in [0.2, 0.25) is 0 Å². The molecule has 2 aromatic heterocycles. The van der Waals surface area contributed by atoms with Gasteiger partial charge in [-0.1, -0.05) is 0 Å². The molecule has 0 bridgehead atoms. The largest absolute Gasteiger partial charge is 0.376 e. The molecule has 0 unspecified atom stereocenters. The number of ether oxygens (including phenoxy) is 1. The summed E-state index contributed by atoms with van der Waals surface area (Å²) in [7, 11) is 0. The molecule has 2 aliphatic rings. The highest BCUT2D eigenvalue weighted by Crippen LogP contribution is 2.33. The van der Waals surface area contributed by atoms with E-state index in [4.69, 9.17) is 4.74 Å². The zero-order chi connectivity index (χ0) is 17.9. The molecule has 0 spiro atoms. The number of aromatic nitrogens is 3. The maximum Gasteiger partial charge on any atom is 0.274 e. The maximum absolute atomic E-state index is 12.5. The average molecular weight is 353 g/mol. The van der Waals surface area contributed by atoms with E-state index < -0.39 is 0 Å². The van der Waals surface area contributed by atoms with Crippen LogP contribution in [0.3, 0.4) is 0 Å². The molecule has 0 aliphatic carbocycles. The number of carbonyl (C=O) groups excluding carboxylic acids is 2. The number of amides is 2. The van der Waals surface area contributed by atoms with Crippen LogP contribution in [0, 0.1) is 11.8 Å². The molecule has 2 saturated heterocycles. The summed E-state index contributed by atoms with van der Waals surface area (Å²) >= 11 is 0. The van der Waals surface area contributed by atoms with Gasteiger partial charge >= 0.3 is 0 Å². The molecule has 0 radical (unpaired) electrons. The molecular weight excluding hydrogens is 334 g/mol. The van der Waals surface area contributed by atoms with Crippen LogP contribution in [0.5, 0.6) is 0 Å². The lowest BCUT2D eigenvalue weighted by Gasteiger charge is -2.19. The van der Waals surface area contributed by atoms with Gasteiger partial charge in [0.1, 0.15) is 5.69 Å². The molecule has 4 heterocycles. The van der Waals surface area contributed by atoms with Crippen molar-refractivity contribution >= 4 is 11.8 Å². The van der Waals surface area contributed by atoms with Crippen LogP contribution in [0.4, 0.5) is 0 Å². The fourth-order valence-corrected chi connectivity index (χ4v) is 3.57. The number of likely N-dealkylation sites (tertiary alicyclic amines) is 1. The van der Waals surface area contributed by atoms with Crippen molar-refractivity contribution in [2.45, 2.75) is 6.10 Å². The van der Waals surface area contributed by atoms with Gasteiger partial charge in [0.05, 0.1) is 24.5 Å². The fourth-order valence-electron chi connectivity index (χ4n) is 3.57. The van der Waals surface area contributed by atoms with Crippen molar-refractivity contribution in [1.29, 1.82) is 0 Å². The molecule has 2 aliphatic heterocycles. The van der Waals surface area contributed by atoms with Crippen molar-refractivity contribution in [3.8, 4) is 0 Å². The van der Waals surface area contributed by atoms with Crippen molar-refractivity contribution in [2.24, 2.45) is 11.8 Å². The Labute approximate surface area is 150 Å². The first-order chi connectivity index (χ1) is 12.7. The quantitative estimate of drug-likeness (QED) is 0.854. The molecule has 26 heavy (non-hydrogen) atoms. The minimum absolute atomic E-state index is 0.0101. The van der Waals surface area contributed by atoms with Gasteiger partial charge in [-0.2, -0.15) is 0 Å². The summed E-state index contributed by atoms with van der Waals surface area (Å²) < 4.78 is 5.85. The number of pyridine rings is 1. The summed E-state index contributed by atoms with van der Waals surface area (Å²) in [5.74, 6) is 0.117. The molecule has 2 amide bonds. The monoisotopic (exact) mass is 353 g/mol. The molecule has 4 rings (SSSR count). The van der Waals surface area contributed by atoms with Crippen molar-refractivity contribution in [2.75, 3.05) is 26.2 Å². The number of hydrogen-bond donors (Lipinski definition) is 1. The van der Waals surface area contributed by atoms with Gasteiger partial charge in [0, 0.05) is 56.3 Å². The van der Waals surface area contributed by atoms with Gasteiger partial charge in [0.25, 0.3) is 11.8 Å². The molecule has 0 saturated carbocycles. The lowest BCUT2D eigenvalue weighted by atomic mass is 9.93. The van der Waals surface area contributed by atoms with Crippen LogP contribution in [0.25, 0.3) is 0 Å². The van der Waals surface area contributed by atoms with E-state index in [0.29, 0.717) is 37.5 Å². The zero-order valence-electron chi connectivity index (χ0n) is 14.1. The van der Waals surface area contributed by atoms with Gasteiger partial charge in [0.2, 0.25) is 0 Å². The van der Waals surface area contributed by atoms with E-state index in [9.17, 15) is 9.59 Å². The highest BCUT2D eigenvalue weighted by atomic mass is 16.5. The van der Waals surface area contributed by atoms with E-state index in [1.165, 1.54) is 12.4 Å². The number of nitrogens with one attached hydrogen (secondary N) is 1. The van der Waals surface area contributed by atoms with Gasteiger partial charge in [0.15, 0.2) is 0 Å². The standard InChI is InChI=1S/C18H19N5O3/c24-17(12-2-1-3-19-6-12)22-7-13-11-26-16-10-23(9-14(13)16)18(25)15-8-20-4-5-21-15/h1-6,8,13-14,16H,7,9-11H2,(H,22,24)/t13-,14-,16-/m1/s1.